The fraction of sp³-hybridized carbons (Fsp3) is 0.815. The topological polar surface area (TPSA) is 17.1 Å². The monoisotopic (exact) mass is 384 g/mol. The molecule has 158 valence electrons. The van der Waals surface area contributed by atoms with Gasteiger partial charge in [0.2, 0.25) is 0 Å². The second-order valence-electron chi connectivity index (χ2n) is 10.3. The van der Waals surface area contributed by atoms with Crippen molar-refractivity contribution in [3.8, 4) is 0 Å². The zero-order chi connectivity index (χ0) is 20.2. The van der Waals surface area contributed by atoms with Crippen molar-refractivity contribution < 1.29 is 4.79 Å². The van der Waals surface area contributed by atoms with Crippen molar-refractivity contribution in [1.29, 1.82) is 0 Å². The van der Waals surface area contributed by atoms with Crippen LogP contribution in [0.1, 0.15) is 105 Å². The Hall–Kier alpha value is -0.850. The standard InChI is InChI=1S/C27H44O/c1-5-12-24-22(20-26(24)18-19-26)14-10-11-17-27(16-6-2,25(28)7-3)23-15-9-8-13-21(23)4/h5,9,12,15,21-24H,6-8,10-11,13-14,16-20H2,1-4H3/b12-5-. The number of allylic oxidation sites excluding steroid dienone is 4. The van der Waals surface area contributed by atoms with Crippen LogP contribution < -0.4 is 0 Å². The Morgan fingerprint density at radius 1 is 1.21 bits per heavy atom. The molecule has 0 bridgehead atoms. The Bertz CT molecular complexity index is 581. The van der Waals surface area contributed by atoms with Crippen LogP contribution in [0.2, 0.25) is 0 Å². The molecule has 0 heterocycles. The van der Waals surface area contributed by atoms with Crippen LogP contribution in [-0.2, 0) is 4.79 Å². The Labute approximate surface area is 174 Å². The van der Waals surface area contributed by atoms with Gasteiger partial charge in [0.15, 0.2) is 0 Å². The Kier molecular flexibility index (Phi) is 7.26. The highest BCUT2D eigenvalue weighted by Gasteiger charge is 2.59. The number of carbonyl (C=O) groups is 1. The van der Waals surface area contributed by atoms with Gasteiger partial charge >= 0.3 is 0 Å². The minimum atomic E-state index is -0.0973. The molecule has 2 fully saturated rings. The molecule has 5 atom stereocenters. The molecule has 3 aliphatic carbocycles. The zero-order valence-corrected chi connectivity index (χ0v) is 19.0. The van der Waals surface area contributed by atoms with Crippen LogP contribution in [0, 0.1) is 34.5 Å². The maximum absolute atomic E-state index is 13.3. The molecule has 1 heteroatoms. The molecule has 1 spiro atoms. The maximum Gasteiger partial charge on any atom is 0.139 e. The van der Waals surface area contributed by atoms with Crippen molar-refractivity contribution in [2.75, 3.05) is 0 Å². The molecule has 28 heavy (non-hydrogen) atoms. The van der Waals surface area contributed by atoms with Gasteiger partial charge < -0.3 is 0 Å². The van der Waals surface area contributed by atoms with Crippen LogP contribution in [0.15, 0.2) is 24.3 Å². The van der Waals surface area contributed by atoms with Gasteiger partial charge in [-0.1, -0.05) is 64.3 Å². The van der Waals surface area contributed by atoms with E-state index in [2.05, 4.69) is 52.0 Å². The summed E-state index contributed by atoms with van der Waals surface area (Å²) in [6.07, 6.45) is 24.3. The molecule has 3 rings (SSSR count). The van der Waals surface area contributed by atoms with E-state index in [4.69, 9.17) is 0 Å². The molecule has 0 aromatic rings. The van der Waals surface area contributed by atoms with Gasteiger partial charge in [0.25, 0.3) is 0 Å². The van der Waals surface area contributed by atoms with Gasteiger partial charge in [-0.3, -0.25) is 4.79 Å². The van der Waals surface area contributed by atoms with Crippen LogP contribution in [0.5, 0.6) is 0 Å². The average Bonchev–Trinajstić information content (AvgIpc) is 3.50. The number of carbonyl (C=O) groups excluding carboxylic acids is 1. The fourth-order valence-corrected chi connectivity index (χ4v) is 6.94. The van der Waals surface area contributed by atoms with E-state index in [1.165, 1.54) is 51.4 Å². The number of rotatable bonds is 11. The Morgan fingerprint density at radius 3 is 2.61 bits per heavy atom. The number of hydrogen-bond acceptors (Lipinski definition) is 1. The molecule has 3 aliphatic rings. The predicted molar refractivity (Wildman–Crippen MR) is 120 cm³/mol. The first kappa shape index (κ1) is 21.8. The van der Waals surface area contributed by atoms with Crippen LogP contribution in [0.25, 0.3) is 0 Å². The van der Waals surface area contributed by atoms with Gasteiger partial charge in [0.1, 0.15) is 5.78 Å². The Balaban J connectivity index is 1.60. The molecule has 0 N–H and O–H groups in total. The summed E-state index contributed by atoms with van der Waals surface area (Å²) in [6.45, 7) is 8.90. The summed E-state index contributed by atoms with van der Waals surface area (Å²) in [5, 5.41) is 0. The first-order chi connectivity index (χ1) is 13.5. The van der Waals surface area contributed by atoms with E-state index in [1.54, 1.807) is 0 Å². The number of ketones is 1. The van der Waals surface area contributed by atoms with E-state index in [0.29, 0.717) is 24.0 Å². The highest BCUT2D eigenvalue weighted by Crippen LogP contribution is 2.68. The van der Waals surface area contributed by atoms with Crippen molar-refractivity contribution in [2.45, 2.75) is 105 Å². The minimum absolute atomic E-state index is 0.0973. The predicted octanol–water partition coefficient (Wildman–Crippen LogP) is 7.91. The van der Waals surface area contributed by atoms with E-state index < -0.39 is 0 Å². The smallest absolute Gasteiger partial charge is 0.139 e. The van der Waals surface area contributed by atoms with Crippen LogP contribution >= 0.6 is 0 Å². The van der Waals surface area contributed by atoms with Crippen molar-refractivity contribution in [3.63, 3.8) is 0 Å². The summed E-state index contributed by atoms with van der Waals surface area (Å²) in [5.41, 5.74) is 0.629. The van der Waals surface area contributed by atoms with Crippen molar-refractivity contribution in [2.24, 2.45) is 34.5 Å². The van der Waals surface area contributed by atoms with E-state index in [1.807, 2.05) is 0 Å². The number of unbranched alkanes of at least 4 members (excludes halogenated alkanes) is 1. The fourth-order valence-electron chi connectivity index (χ4n) is 6.94. The highest BCUT2D eigenvalue weighted by molar-refractivity contribution is 5.85. The molecule has 5 unspecified atom stereocenters. The normalized spacial score (nSPS) is 33.0. The van der Waals surface area contributed by atoms with Crippen LogP contribution in [-0.4, -0.2) is 5.78 Å². The molecular weight excluding hydrogens is 340 g/mol. The van der Waals surface area contributed by atoms with E-state index >= 15 is 0 Å². The quantitative estimate of drug-likeness (QED) is 0.261. The van der Waals surface area contributed by atoms with E-state index in [0.717, 1.165) is 36.5 Å². The lowest BCUT2D eigenvalue weighted by Gasteiger charge is -2.45. The third-order valence-electron chi connectivity index (χ3n) is 8.58. The summed E-state index contributed by atoms with van der Waals surface area (Å²) in [4.78, 5) is 13.3. The third-order valence-corrected chi connectivity index (χ3v) is 8.58. The largest absolute Gasteiger partial charge is 0.299 e. The van der Waals surface area contributed by atoms with Crippen LogP contribution in [0.4, 0.5) is 0 Å². The van der Waals surface area contributed by atoms with Gasteiger partial charge in [-0.15, -0.1) is 0 Å². The molecular formula is C27H44O. The molecule has 0 aromatic heterocycles. The van der Waals surface area contributed by atoms with Crippen molar-refractivity contribution >= 4 is 5.78 Å². The van der Waals surface area contributed by atoms with Gasteiger partial charge in [-0.2, -0.15) is 0 Å². The molecule has 1 nitrogen and oxygen atoms in total. The third kappa shape index (κ3) is 4.19. The number of Topliss-reactive ketones (excluding diaryl/α,β-unsaturated/α-hetero) is 1. The van der Waals surface area contributed by atoms with Crippen molar-refractivity contribution in [3.05, 3.63) is 24.3 Å². The zero-order valence-electron chi connectivity index (χ0n) is 19.0. The molecule has 0 aliphatic heterocycles. The van der Waals surface area contributed by atoms with Crippen LogP contribution in [0.3, 0.4) is 0 Å². The number of hydrogen-bond donors (Lipinski definition) is 0. The Morgan fingerprint density at radius 2 is 2.00 bits per heavy atom. The highest BCUT2D eigenvalue weighted by atomic mass is 16.1. The summed E-state index contributed by atoms with van der Waals surface area (Å²) < 4.78 is 0. The lowest BCUT2D eigenvalue weighted by molar-refractivity contribution is -0.133. The molecule has 0 aromatic carbocycles. The second kappa shape index (κ2) is 9.31. The minimum Gasteiger partial charge on any atom is -0.299 e. The molecule has 2 saturated carbocycles. The molecule has 0 saturated heterocycles. The molecule has 0 amide bonds. The van der Waals surface area contributed by atoms with E-state index in [-0.39, 0.29) is 5.41 Å². The SMILES string of the molecule is C/C=C\C1C(CCCCC(CCC)(C(=O)CC)C2C=CCCC2C)CC12CC2. The van der Waals surface area contributed by atoms with E-state index in [9.17, 15) is 4.79 Å². The molecule has 0 radical (unpaired) electrons. The summed E-state index contributed by atoms with van der Waals surface area (Å²) >= 11 is 0. The summed E-state index contributed by atoms with van der Waals surface area (Å²) in [6, 6.07) is 0. The lowest BCUT2D eigenvalue weighted by Crippen LogP contribution is -2.41. The van der Waals surface area contributed by atoms with Gasteiger partial charge in [0, 0.05) is 11.8 Å². The average molecular weight is 385 g/mol. The summed E-state index contributed by atoms with van der Waals surface area (Å²) in [5.74, 6) is 3.41. The van der Waals surface area contributed by atoms with Gasteiger partial charge in [-0.25, -0.2) is 0 Å². The van der Waals surface area contributed by atoms with Crippen molar-refractivity contribution in [1.82, 2.24) is 0 Å². The van der Waals surface area contributed by atoms with Gasteiger partial charge in [-0.05, 0) is 87.4 Å². The van der Waals surface area contributed by atoms with Gasteiger partial charge in [0.05, 0.1) is 0 Å². The lowest BCUT2D eigenvalue weighted by atomic mass is 9.59. The first-order valence-corrected chi connectivity index (χ1v) is 12.4. The maximum atomic E-state index is 13.3. The first-order valence-electron chi connectivity index (χ1n) is 12.4. The second-order valence-corrected chi connectivity index (χ2v) is 10.3. The summed E-state index contributed by atoms with van der Waals surface area (Å²) in [7, 11) is 0.